The van der Waals surface area contributed by atoms with Crippen molar-refractivity contribution in [1.82, 2.24) is 4.90 Å². The number of anilines is 2. The Labute approximate surface area is 189 Å². The van der Waals surface area contributed by atoms with E-state index in [4.69, 9.17) is 0 Å². The van der Waals surface area contributed by atoms with Crippen LogP contribution in [-0.2, 0) is 16.1 Å². The van der Waals surface area contributed by atoms with Crippen molar-refractivity contribution in [3.8, 4) is 0 Å². The van der Waals surface area contributed by atoms with Crippen LogP contribution in [0.15, 0.2) is 18.2 Å². The van der Waals surface area contributed by atoms with Gasteiger partial charge < -0.3 is 15.1 Å². The average Bonchev–Trinajstić information content (AvgIpc) is 2.64. The van der Waals surface area contributed by atoms with E-state index in [9.17, 15) is 9.59 Å². The zero-order valence-electron chi connectivity index (χ0n) is 21.0. The number of carbonyl (C=O) groups is 2. The van der Waals surface area contributed by atoms with Crippen LogP contribution in [-0.4, -0.2) is 36.9 Å². The highest BCUT2D eigenvalue weighted by atomic mass is 16.2. The molecule has 0 aliphatic heterocycles. The fourth-order valence-corrected chi connectivity index (χ4v) is 4.29. The fourth-order valence-electron chi connectivity index (χ4n) is 4.29. The van der Waals surface area contributed by atoms with E-state index in [-0.39, 0.29) is 23.3 Å². The Bertz CT molecular complexity index is 766. The van der Waals surface area contributed by atoms with Crippen LogP contribution in [0.5, 0.6) is 0 Å². The molecule has 0 heterocycles. The molecule has 2 rings (SSSR count). The van der Waals surface area contributed by atoms with E-state index in [0.717, 1.165) is 29.8 Å². The van der Waals surface area contributed by atoms with Crippen LogP contribution < -0.4 is 10.2 Å². The molecule has 2 amide bonds. The third kappa shape index (κ3) is 7.55. The molecule has 1 N–H and O–H groups in total. The number of hydrogen-bond donors (Lipinski definition) is 1. The minimum atomic E-state index is -0.422. The van der Waals surface area contributed by atoms with Crippen LogP contribution in [0.1, 0.15) is 85.6 Å². The summed E-state index contributed by atoms with van der Waals surface area (Å²) >= 11 is 0. The first-order chi connectivity index (χ1) is 14.3. The maximum absolute atomic E-state index is 13.4. The van der Waals surface area contributed by atoms with Gasteiger partial charge in [0.2, 0.25) is 11.8 Å². The normalized spacial score (nSPS) is 15.5. The van der Waals surface area contributed by atoms with E-state index in [2.05, 4.69) is 35.9 Å². The molecule has 0 aromatic heterocycles. The van der Waals surface area contributed by atoms with Gasteiger partial charge >= 0.3 is 0 Å². The predicted octanol–water partition coefficient (Wildman–Crippen LogP) is 5.83. The van der Waals surface area contributed by atoms with Gasteiger partial charge in [-0.1, -0.05) is 60.8 Å². The summed E-state index contributed by atoms with van der Waals surface area (Å²) in [6, 6.07) is 6.33. The van der Waals surface area contributed by atoms with Gasteiger partial charge in [0.1, 0.15) is 0 Å². The zero-order valence-corrected chi connectivity index (χ0v) is 21.0. The van der Waals surface area contributed by atoms with Gasteiger partial charge in [0.15, 0.2) is 0 Å². The second kappa shape index (κ2) is 10.1. The SMILES string of the molecule is CN(C)c1ccc(NC(=O)CC(C)(C)C)cc1CN(C(=O)C(C)(C)C)C1CCCCC1. The average molecular weight is 430 g/mol. The van der Waals surface area contributed by atoms with Crippen LogP contribution in [0.4, 0.5) is 11.4 Å². The van der Waals surface area contributed by atoms with Gasteiger partial charge in [-0.15, -0.1) is 0 Å². The fraction of sp³-hybridized carbons (Fsp3) is 0.692. The Morgan fingerprint density at radius 3 is 2.13 bits per heavy atom. The molecule has 5 nitrogen and oxygen atoms in total. The van der Waals surface area contributed by atoms with Gasteiger partial charge in [-0.3, -0.25) is 9.59 Å². The number of rotatable bonds is 6. The Kier molecular flexibility index (Phi) is 8.18. The first-order valence-corrected chi connectivity index (χ1v) is 11.7. The molecule has 1 saturated carbocycles. The van der Waals surface area contributed by atoms with Crippen molar-refractivity contribution in [1.29, 1.82) is 0 Å². The molecule has 0 spiro atoms. The van der Waals surface area contributed by atoms with E-state index in [1.807, 2.05) is 53.1 Å². The molecule has 0 bridgehead atoms. The van der Waals surface area contributed by atoms with Crippen molar-refractivity contribution in [2.24, 2.45) is 10.8 Å². The third-order valence-corrected chi connectivity index (χ3v) is 5.79. The quantitative estimate of drug-likeness (QED) is 0.618. The number of benzene rings is 1. The summed E-state index contributed by atoms with van der Waals surface area (Å²) in [5.74, 6) is 0.220. The van der Waals surface area contributed by atoms with E-state index in [0.29, 0.717) is 13.0 Å². The summed E-state index contributed by atoms with van der Waals surface area (Å²) in [4.78, 5) is 30.1. The molecule has 0 radical (unpaired) electrons. The molecule has 31 heavy (non-hydrogen) atoms. The van der Waals surface area contributed by atoms with Gasteiger partial charge in [-0.25, -0.2) is 0 Å². The van der Waals surface area contributed by atoms with Gasteiger partial charge in [-0.05, 0) is 42.0 Å². The van der Waals surface area contributed by atoms with Crippen LogP contribution in [0.25, 0.3) is 0 Å². The van der Waals surface area contributed by atoms with Gasteiger partial charge in [0.25, 0.3) is 0 Å². The highest BCUT2D eigenvalue weighted by Crippen LogP contribution is 2.32. The molecule has 1 aromatic carbocycles. The maximum Gasteiger partial charge on any atom is 0.228 e. The Morgan fingerprint density at radius 1 is 1.00 bits per heavy atom. The lowest BCUT2D eigenvalue weighted by Crippen LogP contribution is -2.46. The monoisotopic (exact) mass is 429 g/mol. The van der Waals surface area contributed by atoms with Crippen molar-refractivity contribution in [3.05, 3.63) is 23.8 Å². The Balaban J connectivity index is 2.35. The van der Waals surface area contributed by atoms with Crippen molar-refractivity contribution in [2.45, 2.75) is 92.7 Å². The highest BCUT2D eigenvalue weighted by Gasteiger charge is 2.33. The lowest BCUT2D eigenvalue weighted by atomic mass is 9.89. The van der Waals surface area contributed by atoms with Crippen molar-refractivity contribution in [2.75, 3.05) is 24.3 Å². The second-order valence-corrected chi connectivity index (χ2v) is 11.5. The lowest BCUT2D eigenvalue weighted by Gasteiger charge is -2.39. The first kappa shape index (κ1) is 25.2. The summed E-state index contributed by atoms with van der Waals surface area (Å²) in [7, 11) is 4.04. The maximum atomic E-state index is 13.4. The van der Waals surface area contributed by atoms with Crippen LogP contribution in [0.3, 0.4) is 0 Å². The molecular formula is C26H43N3O2. The minimum Gasteiger partial charge on any atom is -0.377 e. The number of carbonyl (C=O) groups excluding carboxylic acids is 2. The summed E-state index contributed by atoms with van der Waals surface area (Å²) in [6.07, 6.45) is 6.23. The molecule has 1 aliphatic carbocycles. The molecule has 0 atom stereocenters. The van der Waals surface area contributed by atoms with E-state index < -0.39 is 5.41 Å². The van der Waals surface area contributed by atoms with Crippen LogP contribution >= 0.6 is 0 Å². The second-order valence-electron chi connectivity index (χ2n) is 11.5. The van der Waals surface area contributed by atoms with Crippen LogP contribution in [0.2, 0.25) is 0 Å². The molecule has 0 saturated heterocycles. The summed E-state index contributed by atoms with van der Waals surface area (Å²) in [6.45, 7) is 12.8. The zero-order chi connectivity index (χ0) is 23.4. The first-order valence-electron chi connectivity index (χ1n) is 11.7. The largest absolute Gasteiger partial charge is 0.377 e. The molecule has 5 heteroatoms. The van der Waals surface area contributed by atoms with Crippen molar-refractivity contribution < 1.29 is 9.59 Å². The number of nitrogens with one attached hydrogen (secondary N) is 1. The van der Waals surface area contributed by atoms with Gasteiger partial charge in [-0.2, -0.15) is 0 Å². The number of nitrogens with zero attached hydrogens (tertiary/aromatic N) is 2. The molecule has 1 aromatic rings. The number of hydrogen-bond acceptors (Lipinski definition) is 3. The highest BCUT2D eigenvalue weighted by molar-refractivity contribution is 5.91. The summed E-state index contributed by atoms with van der Waals surface area (Å²) in [5, 5.41) is 3.06. The lowest BCUT2D eigenvalue weighted by molar-refractivity contribution is -0.143. The van der Waals surface area contributed by atoms with Crippen molar-refractivity contribution in [3.63, 3.8) is 0 Å². The molecular weight excluding hydrogens is 386 g/mol. The summed E-state index contributed by atoms with van der Waals surface area (Å²) in [5.41, 5.74) is 2.46. The molecule has 174 valence electrons. The topological polar surface area (TPSA) is 52.7 Å². The van der Waals surface area contributed by atoms with Gasteiger partial charge in [0.05, 0.1) is 0 Å². The number of amides is 2. The minimum absolute atomic E-state index is 0.0194. The Morgan fingerprint density at radius 2 is 1.61 bits per heavy atom. The Hall–Kier alpha value is -2.04. The molecule has 1 fully saturated rings. The molecule has 0 unspecified atom stereocenters. The predicted molar refractivity (Wildman–Crippen MR) is 130 cm³/mol. The van der Waals surface area contributed by atoms with Gasteiger partial charge in [0, 0.05) is 49.9 Å². The van der Waals surface area contributed by atoms with Crippen LogP contribution in [0, 0.1) is 10.8 Å². The van der Waals surface area contributed by atoms with Crippen molar-refractivity contribution >= 4 is 23.2 Å². The standard InChI is InChI=1S/C26H43N3O2/c1-25(2,3)17-23(30)27-20-14-15-22(28(7)8)19(16-20)18-29(24(31)26(4,5)6)21-12-10-9-11-13-21/h14-16,21H,9-13,17-18H2,1-8H3,(H,27,30). The summed E-state index contributed by atoms with van der Waals surface area (Å²) < 4.78 is 0. The smallest absolute Gasteiger partial charge is 0.228 e. The third-order valence-electron chi connectivity index (χ3n) is 5.79. The van der Waals surface area contributed by atoms with E-state index in [1.54, 1.807) is 0 Å². The van der Waals surface area contributed by atoms with E-state index >= 15 is 0 Å². The van der Waals surface area contributed by atoms with E-state index in [1.165, 1.54) is 19.3 Å². The molecule has 1 aliphatic rings.